The van der Waals surface area contributed by atoms with Gasteiger partial charge in [0.2, 0.25) is 11.8 Å². The zero-order valence-electron chi connectivity index (χ0n) is 9.94. The Morgan fingerprint density at radius 2 is 2.00 bits per heavy atom. The number of aromatic amines is 1. The maximum Gasteiger partial charge on any atom is 0.242 e. The Morgan fingerprint density at radius 1 is 1.29 bits per heavy atom. The van der Waals surface area contributed by atoms with Crippen molar-refractivity contribution in [2.75, 3.05) is 26.5 Å². The molecule has 0 radical (unpaired) electrons. The van der Waals surface area contributed by atoms with Crippen molar-refractivity contribution in [3.63, 3.8) is 0 Å². The number of amides is 2. The lowest BCUT2D eigenvalue weighted by Crippen LogP contribution is -2.39. The van der Waals surface area contributed by atoms with E-state index in [1.54, 1.807) is 25.2 Å². The van der Waals surface area contributed by atoms with Gasteiger partial charge < -0.3 is 14.8 Å². The Kier molecular flexibility index (Phi) is 5.03. The maximum absolute atomic E-state index is 11.8. The summed E-state index contributed by atoms with van der Waals surface area (Å²) in [6, 6.07) is 3.77. The van der Waals surface area contributed by atoms with E-state index in [9.17, 15) is 9.59 Å². The lowest BCUT2D eigenvalue weighted by atomic mass is 10.4. The van der Waals surface area contributed by atoms with Crippen LogP contribution in [0.25, 0.3) is 0 Å². The van der Waals surface area contributed by atoms with E-state index in [1.807, 2.05) is 12.1 Å². The Labute approximate surface area is 105 Å². The summed E-state index contributed by atoms with van der Waals surface area (Å²) in [5, 5.41) is 0. The SMILES string of the molecule is CN(CC(=O)N(C)Cc1ccc[nH]1)C(=O)CCl. The molecule has 0 spiro atoms. The van der Waals surface area contributed by atoms with Crippen LogP contribution in [0.4, 0.5) is 0 Å². The van der Waals surface area contributed by atoms with Crippen molar-refractivity contribution in [3.8, 4) is 0 Å². The summed E-state index contributed by atoms with van der Waals surface area (Å²) in [4.78, 5) is 28.9. The predicted octanol–water partition coefficient (Wildman–Crippen LogP) is 0.670. The van der Waals surface area contributed by atoms with Crippen molar-refractivity contribution in [2.24, 2.45) is 0 Å². The van der Waals surface area contributed by atoms with E-state index in [2.05, 4.69) is 4.98 Å². The van der Waals surface area contributed by atoms with Crippen LogP contribution >= 0.6 is 11.6 Å². The van der Waals surface area contributed by atoms with E-state index in [0.717, 1.165) is 5.69 Å². The Hall–Kier alpha value is -1.49. The molecule has 0 atom stereocenters. The first-order valence-corrected chi connectivity index (χ1v) is 5.74. The zero-order valence-corrected chi connectivity index (χ0v) is 10.7. The van der Waals surface area contributed by atoms with Gasteiger partial charge in [-0.1, -0.05) is 0 Å². The van der Waals surface area contributed by atoms with Crippen LogP contribution in [0.15, 0.2) is 18.3 Å². The molecule has 6 heteroatoms. The topological polar surface area (TPSA) is 56.4 Å². The molecule has 0 aliphatic rings. The number of nitrogens with zero attached hydrogens (tertiary/aromatic N) is 2. The lowest BCUT2D eigenvalue weighted by molar-refractivity contribution is -0.137. The van der Waals surface area contributed by atoms with Crippen molar-refractivity contribution in [1.82, 2.24) is 14.8 Å². The summed E-state index contributed by atoms with van der Waals surface area (Å²) in [5.41, 5.74) is 0.951. The third-order valence-electron chi connectivity index (χ3n) is 2.41. The monoisotopic (exact) mass is 257 g/mol. The molecule has 0 saturated heterocycles. The number of hydrogen-bond donors (Lipinski definition) is 1. The summed E-state index contributed by atoms with van der Waals surface area (Å²) < 4.78 is 0. The number of H-pyrrole nitrogens is 1. The molecule has 94 valence electrons. The van der Waals surface area contributed by atoms with Gasteiger partial charge in [-0.15, -0.1) is 11.6 Å². The molecule has 1 aromatic rings. The van der Waals surface area contributed by atoms with Gasteiger partial charge >= 0.3 is 0 Å². The first-order valence-electron chi connectivity index (χ1n) is 5.20. The van der Waals surface area contributed by atoms with Crippen LogP contribution in [-0.2, 0) is 16.1 Å². The normalized spacial score (nSPS) is 10.1. The highest BCUT2D eigenvalue weighted by atomic mass is 35.5. The number of nitrogens with one attached hydrogen (secondary N) is 1. The van der Waals surface area contributed by atoms with Gasteiger partial charge in [0.1, 0.15) is 5.88 Å². The van der Waals surface area contributed by atoms with Crippen LogP contribution in [0.2, 0.25) is 0 Å². The van der Waals surface area contributed by atoms with Gasteiger partial charge in [-0.3, -0.25) is 9.59 Å². The molecular weight excluding hydrogens is 242 g/mol. The molecule has 1 aromatic heterocycles. The van der Waals surface area contributed by atoms with E-state index >= 15 is 0 Å². The van der Waals surface area contributed by atoms with Crippen LogP contribution in [0, 0.1) is 0 Å². The highest BCUT2D eigenvalue weighted by Crippen LogP contribution is 2.00. The molecule has 0 bridgehead atoms. The first-order chi connectivity index (χ1) is 8.04. The number of carbonyl (C=O) groups is 2. The molecule has 1 rings (SSSR count). The molecule has 0 fully saturated rings. The Balaban J connectivity index is 2.44. The zero-order chi connectivity index (χ0) is 12.8. The Morgan fingerprint density at radius 3 is 2.53 bits per heavy atom. The minimum atomic E-state index is -0.256. The fourth-order valence-corrected chi connectivity index (χ4v) is 1.53. The molecule has 1 heterocycles. The molecule has 17 heavy (non-hydrogen) atoms. The molecule has 5 nitrogen and oxygen atoms in total. The van der Waals surface area contributed by atoms with Crippen LogP contribution in [0.3, 0.4) is 0 Å². The molecule has 0 aliphatic heterocycles. The van der Waals surface area contributed by atoms with E-state index in [0.29, 0.717) is 6.54 Å². The molecule has 0 saturated carbocycles. The molecule has 0 aromatic carbocycles. The van der Waals surface area contributed by atoms with Crippen molar-refractivity contribution in [3.05, 3.63) is 24.0 Å². The first kappa shape index (κ1) is 13.6. The minimum absolute atomic E-state index is 0.0444. The molecule has 1 N–H and O–H groups in total. The van der Waals surface area contributed by atoms with Gasteiger partial charge in [0, 0.05) is 26.0 Å². The second-order valence-corrected chi connectivity index (χ2v) is 4.10. The average Bonchev–Trinajstić information content (AvgIpc) is 2.80. The standard InChI is InChI=1S/C11H16ClN3O2/c1-14(7-9-4-3-5-13-9)11(17)8-15(2)10(16)6-12/h3-5,13H,6-8H2,1-2H3. The summed E-state index contributed by atoms with van der Waals surface area (Å²) in [7, 11) is 3.26. The van der Waals surface area contributed by atoms with Crippen LogP contribution < -0.4 is 0 Å². The number of hydrogen-bond acceptors (Lipinski definition) is 2. The number of halogens is 1. The van der Waals surface area contributed by atoms with Gasteiger partial charge in [0.15, 0.2) is 0 Å². The van der Waals surface area contributed by atoms with Gasteiger partial charge in [0.05, 0.1) is 13.1 Å². The van der Waals surface area contributed by atoms with E-state index in [4.69, 9.17) is 11.6 Å². The highest BCUT2D eigenvalue weighted by molar-refractivity contribution is 6.27. The minimum Gasteiger partial charge on any atom is -0.364 e. The molecular formula is C11H16ClN3O2. The van der Waals surface area contributed by atoms with Crippen molar-refractivity contribution < 1.29 is 9.59 Å². The van der Waals surface area contributed by atoms with Crippen molar-refractivity contribution in [2.45, 2.75) is 6.54 Å². The second-order valence-electron chi connectivity index (χ2n) is 3.83. The fourth-order valence-electron chi connectivity index (χ4n) is 1.32. The third-order valence-corrected chi connectivity index (χ3v) is 2.64. The summed E-state index contributed by atoms with van der Waals surface area (Å²) in [6.45, 7) is 0.539. The number of alkyl halides is 1. The Bertz CT molecular complexity index is 378. The van der Waals surface area contributed by atoms with Gasteiger partial charge in [0.25, 0.3) is 0 Å². The van der Waals surface area contributed by atoms with Gasteiger partial charge in [-0.2, -0.15) is 0 Å². The smallest absolute Gasteiger partial charge is 0.242 e. The summed E-state index contributed by atoms with van der Waals surface area (Å²) >= 11 is 5.40. The van der Waals surface area contributed by atoms with Crippen molar-refractivity contribution in [1.29, 1.82) is 0 Å². The fraction of sp³-hybridized carbons (Fsp3) is 0.455. The number of rotatable bonds is 5. The van der Waals surface area contributed by atoms with Gasteiger partial charge in [-0.05, 0) is 12.1 Å². The third kappa shape index (κ3) is 4.11. The van der Waals surface area contributed by atoms with E-state index < -0.39 is 0 Å². The van der Waals surface area contributed by atoms with Gasteiger partial charge in [-0.25, -0.2) is 0 Å². The highest BCUT2D eigenvalue weighted by Gasteiger charge is 2.15. The van der Waals surface area contributed by atoms with Crippen LogP contribution in [0.5, 0.6) is 0 Å². The summed E-state index contributed by atoms with van der Waals surface area (Å²) in [6.07, 6.45) is 1.80. The summed E-state index contributed by atoms with van der Waals surface area (Å²) in [5.74, 6) is -0.488. The van der Waals surface area contributed by atoms with Crippen LogP contribution in [0.1, 0.15) is 5.69 Å². The molecule has 0 unspecified atom stereocenters. The second kappa shape index (κ2) is 6.30. The number of likely N-dealkylation sites (N-methyl/N-ethyl adjacent to an activating group) is 2. The molecule has 0 aliphatic carbocycles. The average molecular weight is 258 g/mol. The number of carbonyl (C=O) groups excluding carboxylic acids is 2. The lowest BCUT2D eigenvalue weighted by Gasteiger charge is -2.21. The van der Waals surface area contributed by atoms with Crippen molar-refractivity contribution >= 4 is 23.4 Å². The number of aromatic nitrogens is 1. The van der Waals surface area contributed by atoms with Crippen LogP contribution in [-0.4, -0.2) is 53.1 Å². The largest absolute Gasteiger partial charge is 0.364 e. The quantitative estimate of drug-likeness (QED) is 0.789. The molecule has 2 amide bonds. The van der Waals surface area contributed by atoms with E-state index in [-0.39, 0.29) is 24.2 Å². The van der Waals surface area contributed by atoms with E-state index in [1.165, 1.54) is 4.90 Å². The predicted molar refractivity (Wildman–Crippen MR) is 65.6 cm³/mol. The maximum atomic E-state index is 11.8.